The predicted octanol–water partition coefficient (Wildman–Crippen LogP) is 3.29. The van der Waals surface area contributed by atoms with Crippen LogP contribution in [0.25, 0.3) is 28.0 Å². The summed E-state index contributed by atoms with van der Waals surface area (Å²) in [5.74, 6) is -1.18. The summed E-state index contributed by atoms with van der Waals surface area (Å²) in [6.45, 7) is 0. The minimum Gasteiger partial charge on any atom is -0.505 e. The van der Waals surface area contributed by atoms with Gasteiger partial charge in [-0.15, -0.1) is 0 Å². The third-order valence-electron chi connectivity index (χ3n) is 3.89. The molecule has 0 aliphatic rings. The molecule has 122 valence electrons. The van der Waals surface area contributed by atoms with Crippen molar-refractivity contribution in [3.63, 3.8) is 0 Å². The van der Waals surface area contributed by atoms with Crippen LogP contribution in [-0.2, 0) is 0 Å². The Bertz CT molecular complexity index is 1140. The van der Waals surface area contributed by atoms with Crippen molar-refractivity contribution in [2.45, 2.75) is 0 Å². The number of aromatic nitrogens is 3. The molecule has 4 aromatic rings. The van der Waals surface area contributed by atoms with Crippen LogP contribution in [0.1, 0.15) is 0 Å². The molecule has 2 aromatic carbocycles. The van der Waals surface area contributed by atoms with Gasteiger partial charge >= 0.3 is 0 Å². The Morgan fingerprint density at radius 1 is 1.00 bits per heavy atom. The van der Waals surface area contributed by atoms with Crippen molar-refractivity contribution in [2.24, 2.45) is 0 Å². The van der Waals surface area contributed by atoms with Gasteiger partial charge < -0.3 is 5.11 Å². The maximum atomic E-state index is 13.6. The Hall–Kier alpha value is -3.54. The van der Waals surface area contributed by atoms with E-state index in [4.69, 9.17) is 0 Å². The summed E-state index contributed by atoms with van der Waals surface area (Å²) >= 11 is 0. The number of hydrogen-bond acceptors (Lipinski definition) is 4. The summed E-state index contributed by atoms with van der Waals surface area (Å²) in [6, 6.07) is 16.4. The fourth-order valence-electron chi connectivity index (χ4n) is 2.60. The number of phenolic OH excluding ortho intramolecular Hbond substituents is 1. The van der Waals surface area contributed by atoms with E-state index in [9.17, 15) is 14.3 Å². The van der Waals surface area contributed by atoms with Crippen molar-refractivity contribution in [1.82, 2.24) is 14.5 Å². The van der Waals surface area contributed by atoms with Crippen molar-refractivity contribution in [3.05, 3.63) is 83.2 Å². The highest BCUT2D eigenvalue weighted by Gasteiger charge is 2.10. The lowest BCUT2D eigenvalue weighted by Crippen LogP contribution is -2.19. The maximum Gasteiger partial charge on any atom is 0.284 e. The lowest BCUT2D eigenvalue weighted by Gasteiger charge is -2.07. The molecule has 4 rings (SSSR count). The number of pyridine rings is 1. The molecule has 0 aliphatic heterocycles. The summed E-state index contributed by atoms with van der Waals surface area (Å²) < 4.78 is 15.0. The van der Waals surface area contributed by atoms with Gasteiger partial charge in [0.05, 0.1) is 16.9 Å². The molecule has 1 N–H and O–H groups in total. The van der Waals surface area contributed by atoms with Crippen molar-refractivity contribution >= 4 is 11.0 Å². The predicted molar refractivity (Wildman–Crippen MR) is 92.2 cm³/mol. The number of fused-ring (bicyclic) bond motifs is 1. The molecule has 0 saturated heterocycles. The number of halogens is 1. The minimum absolute atomic E-state index is 0.192. The molecule has 0 spiro atoms. The van der Waals surface area contributed by atoms with Crippen LogP contribution < -0.4 is 5.56 Å². The highest BCUT2D eigenvalue weighted by molar-refractivity contribution is 5.77. The van der Waals surface area contributed by atoms with Crippen LogP contribution in [0, 0.1) is 5.82 Å². The van der Waals surface area contributed by atoms with Gasteiger partial charge in [-0.2, -0.15) is 0 Å². The van der Waals surface area contributed by atoms with Crippen LogP contribution >= 0.6 is 0 Å². The zero-order valence-corrected chi connectivity index (χ0v) is 12.9. The number of benzene rings is 2. The van der Waals surface area contributed by atoms with Gasteiger partial charge in [0.25, 0.3) is 5.56 Å². The quantitative estimate of drug-likeness (QED) is 0.611. The second-order valence-electron chi connectivity index (χ2n) is 5.49. The fraction of sp³-hybridized carbons (Fsp3) is 0. The second-order valence-corrected chi connectivity index (χ2v) is 5.49. The Morgan fingerprint density at radius 2 is 1.80 bits per heavy atom. The van der Waals surface area contributed by atoms with E-state index in [-0.39, 0.29) is 11.1 Å². The van der Waals surface area contributed by atoms with Gasteiger partial charge in [0.15, 0.2) is 17.1 Å². The smallest absolute Gasteiger partial charge is 0.284 e. The van der Waals surface area contributed by atoms with Gasteiger partial charge in [0.1, 0.15) is 6.33 Å². The molecule has 0 bridgehead atoms. The first-order chi connectivity index (χ1) is 12.1. The van der Waals surface area contributed by atoms with E-state index in [0.29, 0.717) is 22.5 Å². The summed E-state index contributed by atoms with van der Waals surface area (Å²) in [6.07, 6.45) is 1.46. The van der Waals surface area contributed by atoms with Gasteiger partial charge in [-0.1, -0.05) is 18.2 Å². The van der Waals surface area contributed by atoms with Crippen LogP contribution in [0.2, 0.25) is 0 Å². The van der Waals surface area contributed by atoms with E-state index in [1.165, 1.54) is 23.0 Å². The molecule has 0 fully saturated rings. The molecular formula is C19H12FN3O2. The normalized spacial score (nSPS) is 10.9. The van der Waals surface area contributed by atoms with E-state index < -0.39 is 11.6 Å². The minimum atomic E-state index is -0.743. The monoisotopic (exact) mass is 333 g/mol. The number of nitrogens with zero attached hydrogens (tertiary/aromatic N) is 3. The SMILES string of the molecule is O=c1c2nc(-c3ccc(O)c(F)c3)ccc2ncn1-c1ccccc1. The lowest BCUT2D eigenvalue weighted by atomic mass is 10.1. The molecule has 0 amide bonds. The summed E-state index contributed by atoms with van der Waals surface area (Å²) in [5, 5.41) is 9.31. The van der Waals surface area contributed by atoms with Crippen molar-refractivity contribution < 1.29 is 9.50 Å². The zero-order valence-electron chi connectivity index (χ0n) is 12.9. The second kappa shape index (κ2) is 5.83. The van der Waals surface area contributed by atoms with Crippen molar-refractivity contribution in [2.75, 3.05) is 0 Å². The number of phenols is 1. The first kappa shape index (κ1) is 15.0. The Labute approximate surface area is 141 Å². The third-order valence-corrected chi connectivity index (χ3v) is 3.89. The average molecular weight is 333 g/mol. The largest absolute Gasteiger partial charge is 0.505 e. The first-order valence-electron chi connectivity index (χ1n) is 7.56. The molecule has 0 unspecified atom stereocenters. The molecular weight excluding hydrogens is 321 g/mol. The molecule has 5 nitrogen and oxygen atoms in total. The fourth-order valence-corrected chi connectivity index (χ4v) is 2.60. The van der Waals surface area contributed by atoms with Crippen LogP contribution in [0.5, 0.6) is 5.75 Å². The van der Waals surface area contributed by atoms with E-state index in [2.05, 4.69) is 9.97 Å². The molecule has 2 heterocycles. The van der Waals surface area contributed by atoms with Crippen LogP contribution in [-0.4, -0.2) is 19.6 Å². The third kappa shape index (κ3) is 2.63. The molecule has 0 saturated carbocycles. The Kier molecular flexibility index (Phi) is 3.50. The van der Waals surface area contributed by atoms with Gasteiger partial charge in [0, 0.05) is 5.56 Å². The number of aromatic hydroxyl groups is 1. The molecule has 25 heavy (non-hydrogen) atoms. The van der Waals surface area contributed by atoms with Crippen molar-refractivity contribution in [3.8, 4) is 22.7 Å². The molecule has 0 aliphatic carbocycles. The van der Waals surface area contributed by atoms with Crippen LogP contribution in [0.4, 0.5) is 4.39 Å². The van der Waals surface area contributed by atoms with E-state index in [1.807, 2.05) is 18.2 Å². The number of hydrogen-bond donors (Lipinski definition) is 1. The molecule has 0 atom stereocenters. The maximum absolute atomic E-state index is 13.6. The molecule has 6 heteroatoms. The molecule has 0 radical (unpaired) electrons. The Morgan fingerprint density at radius 3 is 2.56 bits per heavy atom. The van der Waals surface area contributed by atoms with Gasteiger partial charge in [0.2, 0.25) is 0 Å². The lowest BCUT2D eigenvalue weighted by molar-refractivity contribution is 0.432. The van der Waals surface area contributed by atoms with E-state index in [1.54, 1.807) is 30.3 Å². The van der Waals surface area contributed by atoms with Crippen LogP contribution in [0.3, 0.4) is 0 Å². The molecule has 2 aromatic heterocycles. The summed E-state index contributed by atoms with van der Waals surface area (Å²) in [5.41, 5.74) is 1.92. The first-order valence-corrected chi connectivity index (χ1v) is 7.56. The van der Waals surface area contributed by atoms with Gasteiger partial charge in [-0.25, -0.2) is 14.4 Å². The van der Waals surface area contributed by atoms with E-state index >= 15 is 0 Å². The van der Waals surface area contributed by atoms with Crippen LogP contribution in [0.15, 0.2) is 71.8 Å². The topological polar surface area (TPSA) is 68.0 Å². The van der Waals surface area contributed by atoms with Crippen molar-refractivity contribution in [1.29, 1.82) is 0 Å². The summed E-state index contributed by atoms with van der Waals surface area (Å²) in [4.78, 5) is 21.4. The van der Waals surface area contributed by atoms with E-state index in [0.717, 1.165) is 0 Å². The zero-order chi connectivity index (χ0) is 17.4. The highest BCUT2D eigenvalue weighted by atomic mass is 19.1. The summed E-state index contributed by atoms with van der Waals surface area (Å²) in [7, 11) is 0. The van der Waals surface area contributed by atoms with Gasteiger partial charge in [-0.05, 0) is 42.5 Å². The van der Waals surface area contributed by atoms with Gasteiger partial charge in [-0.3, -0.25) is 9.36 Å². The Balaban J connectivity index is 1.91. The number of para-hydroxylation sites is 1. The highest BCUT2D eigenvalue weighted by Crippen LogP contribution is 2.24. The number of rotatable bonds is 2. The average Bonchev–Trinajstić information content (AvgIpc) is 2.65. The standard InChI is InChI=1S/C19H12FN3O2/c20-14-10-12(6-9-17(14)24)15-7-8-16-18(22-15)19(25)23(11-21-16)13-4-2-1-3-5-13/h1-11,24H.